The van der Waals surface area contributed by atoms with Crippen LogP contribution in [0.5, 0.6) is 23.0 Å². The quantitative estimate of drug-likeness (QED) is 0.103. The van der Waals surface area contributed by atoms with Crippen LogP contribution < -0.4 is 18.5 Å². The molecule has 0 saturated carbocycles. The predicted octanol–water partition coefficient (Wildman–Crippen LogP) is 14.9. The second-order valence-electron chi connectivity index (χ2n) is 27.2. The average Bonchev–Trinajstić information content (AvgIpc) is 3.76. The van der Waals surface area contributed by atoms with Crippen LogP contribution in [0.25, 0.3) is 0 Å². The van der Waals surface area contributed by atoms with Crippen LogP contribution in [0.4, 0.5) is 0 Å². The predicted molar refractivity (Wildman–Crippen MR) is 285 cm³/mol. The first-order valence-electron chi connectivity index (χ1n) is 25.5. The van der Waals surface area contributed by atoms with Gasteiger partial charge >= 0.3 is 27.6 Å². The zero-order chi connectivity index (χ0) is 54.2. The maximum absolute atomic E-state index is 14.4. The lowest BCUT2D eigenvalue weighted by Gasteiger charge is -2.42. The molecule has 4 heterocycles. The van der Waals surface area contributed by atoms with E-state index >= 15 is 0 Å². The van der Waals surface area contributed by atoms with E-state index in [0.29, 0.717) is 45.3 Å². The maximum atomic E-state index is 14.4. The van der Waals surface area contributed by atoms with Gasteiger partial charge in [0.25, 0.3) is 0 Å². The summed E-state index contributed by atoms with van der Waals surface area (Å²) >= 11 is 0. The Morgan fingerprint density at radius 3 is 1.01 bits per heavy atom. The van der Waals surface area contributed by atoms with Crippen molar-refractivity contribution in [2.45, 2.75) is 183 Å². The largest absolute Gasteiger partial charge is 0.530 e. The van der Waals surface area contributed by atoms with Crippen molar-refractivity contribution in [3.8, 4) is 23.0 Å². The summed E-state index contributed by atoms with van der Waals surface area (Å²) in [6.45, 7) is 41.0. The first-order valence-corrected chi connectivity index (χ1v) is 28.4. The molecule has 4 aromatic carbocycles. The third kappa shape index (κ3) is 10.7. The Bertz CT molecular complexity index is 2780. The molecule has 2 unspecified atom stereocenters. The van der Waals surface area contributed by atoms with Crippen LogP contribution >= 0.6 is 15.6 Å². The number of fused-ring (bicyclic) bond motifs is 2. The van der Waals surface area contributed by atoms with E-state index in [-0.39, 0.29) is 60.0 Å². The molecule has 8 rings (SSSR count). The fourth-order valence-corrected chi connectivity index (χ4v) is 13.0. The van der Waals surface area contributed by atoms with Crippen LogP contribution in [0.2, 0.25) is 0 Å². The van der Waals surface area contributed by atoms with Gasteiger partial charge in [-0.1, -0.05) is 173 Å². The van der Waals surface area contributed by atoms with Gasteiger partial charge in [0.05, 0.1) is 31.8 Å². The minimum Gasteiger partial charge on any atom is -0.425 e. The number of carbonyl (C=O) groups is 2. The molecule has 73 heavy (non-hydrogen) atoms. The molecule has 396 valence electrons. The first kappa shape index (κ1) is 55.0. The number of phosphoric ester groups is 2. The average molecular weight is 1040 g/mol. The SMILES string of the molecule is Cc1cc(C2C(=O)Oc3c2cc(C(C)(C)C)cc3C(C)(C)C)cc(C(C)(C)C)c1OP1(=O)OCC2(CO1)COP(=O)(Oc1c(C)cc(C3C(=O)Oc4c3cc(C(C)(C)C)cc4C(C)(C)C)cc1C(C)(C)C)OC2. The maximum Gasteiger partial charge on any atom is 0.530 e. The molecule has 0 bridgehead atoms. The highest BCUT2D eigenvalue weighted by Crippen LogP contribution is 2.62. The minimum atomic E-state index is -4.22. The van der Waals surface area contributed by atoms with Gasteiger partial charge in [-0.25, -0.2) is 9.13 Å². The van der Waals surface area contributed by atoms with E-state index in [2.05, 4.69) is 107 Å². The molecule has 0 radical (unpaired) electrons. The molecule has 4 aliphatic rings. The second-order valence-corrected chi connectivity index (χ2v) is 30.4. The summed E-state index contributed by atoms with van der Waals surface area (Å²) in [5.74, 6) is -0.176. The van der Waals surface area contributed by atoms with Crippen LogP contribution in [0.15, 0.2) is 48.5 Å². The van der Waals surface area contributed by atoms with E-state index in [1.807, 2.05) is 79.7 Å². The van der Waals surface area contributed by atoms with Gasteiger partial charge in [-0.2, -0.15) is 0 Å². The van der Waals surface area contributed by atoms with Crippen LogP contribution in [-0.2, 0) is 69.3 Å². The van der Waals surface area contributed by atoms with Gasteiger partial charge in [0, 0.05) is 33.4 Å². The molecular weight excluding hydrogens is 963 g/mol. The summed E-state index contributed by atoms with van der Waals surface area (Å²) in [5.41, 5.74) is 7.09. The number of carbonyl (C=O) groups excluding carboxylic acids is 2. The normalized spacial score (nSPS) is 24.8. The second kappa shape index (κ2) is 17.9. The van der Waals surface area contributed by atoms with Gasteiger partial charge in [0.15, 0.2) is 0 Å². The van der Waals surface area contributed by atoms with Crippen molar-refractivity contribution in [2.24, 2.45) is 5.41 Å². The smallest absolute Gasteiger partial charge is 0.425 e. The lowest BCUT2D eigenvalue weighted by Crippen LogP contribution is -2.46. The zero-order valence-corrected chi connectivity index (χ0v) is 48.7. The van der Waals surface area contributed by atoms with Gasteiger partial charge in [-0.3, -0.25) is 27.7 Å². The van der Waals surface area contributed by atoms with Crippen molar-refractivity contribution < 1.29 is 55.3 Å². The van der Waals surface area contributed by atoms with Gasteiger partial charge in [0.2, 0.25) is 0 Å². The van der Waals surface area contributed by atoms with E-state index in [1.54, 1.807) is 0 Å². The molecule has 14 heteroatoms. The standard InChI is InChI=1S/C59H78O12P2/c1-33-21-35(45-39-25-37(53(3,4)5)27-43(57(15,16)17)49(39)68-51(45)60)23-41(55(9,10)11)47(33)70-72(62)64-29-59(30-65-72)31-66-73(63,67-32-59)71-48-34(2)22-36(24-42(48)56(12,13)14)46-40-26-38(54(6,7)8)28-44(58(18,19)20)50(40)69-52(46)61/h21-28,45-46H,29-32H2,1-20H3. The van der Waals surface area contributed by atoms with Crippen LogP contribution in [-0.4, -0.2) is 38.4 Å². The molecule has 0 amide bonds. The van der Waals surface area contributed by atoms with Crippen LogP contribution in [0.1, 0.15) is 203 Å². The van der Waals surface area contributed by atoms with E-state index in [1.165, 1.54) is 0 Å². The number of esters is 2. The van der Waals surface area contributed by atoms with Gasteiger partial charge in [0.1, 0.15) is 34.8 Å². The summed E-state index contributed by atoms with van der Waals surface area (Å²) < 4.78 is 77.6. The van der Waals surface area contributed by atoms with E-state index in [4.69, 9.17) is 36.6 Å². The molecule has 4 aromatic rings. The molecule has 0 aromatic heterocycles. The third-order valence-electron chi connectivity index (χ3n) is 14.5. The fraction of sp³-hybridized carbons (Fsp3) is 0.559. The van der Waals surface area contributed by atoms with Crippen LogP contribution in [0.3, 0.4) is 0 Å². The number of hydrogen-bond acceptors (Lipinski definition) is 12. The highest BCUT2D eigenvalue weighted by molar-refractivity contribution is 7.49. The molecule has 2 saturated heterocycles. The van der Waals surface area contributed by atoms with Crippen molar-refractivity contribution >= 4 is 27.6 Å². The lowest BCUT2D eigenvalue weighted by molar-refractivity contribution is -0.134. The topological polar surface area (TPSA) is 142 Å². The summed E-state index contributed by atoms with van der Waals surface area (Å²) in [4.78, 5) is 27.8. The Hall–Kier alpha value is -4.28. The molecule has 0 N–H and O–H groups in total. The van der Waals surface area contributed by atoms with Crippen molar-refractivity contribution in [3.63, 3.8) is 0 Å². The number of aryl methyl sites for hydroxylation is 2. The van der Waals surface area contributed by atoms with Crippen molar-refractivity contribution in [3.05, 3.63) is 115 Å². The van der Waals surface area contributed by atoms with Crippen molar-refractivity contribution in [1.29, 1.82) is 0 Å². The van der Waals surface area contributed by atoms with Crippen LogP contribution in [0, 0.1) is 19.3 Å². The number of phosphoric acid groups is 2. The Labute approximate surface area is 434 Å². The molecule has 0 aliphatic carbocycles. The van der Waals surface area contributed by atoms with Gasteiger partial charge in [-0.15, -0.1) is 0 Å². The van der Waals surface area contributed by atoms with E-state index in [9.17, 15) is 18.7 Å². The van der Waals surface area contributed by atoms with Crippen molar-refractivity contribution in [2.75, 3.05) is 26.4 Å². The van der Waals surface area contributed by atoms with E-state index < -0.39 is 43.7 Å². The Morgan fingerprint density at radius 2 is 0.740 bits per heavy atom. The summed E-state index contributed by atoms with van der Waals surface area (Å²) in [5, 5.41) is 0. The molecular formula is C59H78O12P2. The fourth-order valence-electron chi connectivity index (χ4n) is 9.95. The number of benzene rings is 4. The highest BCUT2D eigenvalue weighted by Gasteiger charge is 2.52. The molecule has 12 nitrogen and oxygen atoms in total. The van der Waals surface area contributed by atoms with Gasteiger partial charge in [-0.05, 0) is 79.7 Å². The molecule has 1 spiro atoms. The summed E-state index contributed by atoms with van der Waals surface area (Å²) in [6, 6.07) is 16.2. The lowest BCUT2D eigenvalue weighted by atomic mass is 9.76. The summed E-state index contributed by atoms with van der Waals surface area (Å²) in [7, 11) is -8.45. The van der Waals surface area contributed by atoms with E-state index in [0.717, 1.165) is 44.5 Å². The number of ether oxygens (including phenoxy) is 2. The summed E-state index contributed by atoms with van der Waals surface area (Å²) in [6.07, 6.45) is 0. The monoisotopic (exact) mass is 1040 g/mol. The van der Waals surface area contributed by atoms with Crippen molar-refractivity contribution in [1.82, 2.24) is 0 Å². The Kier molecular flexibility index (Phi) is 13.5. The number of rotatable bonds is 6. The Morgan fingerprint density at radius 1 is 0.438 bits per heavy atom. The minimum absolute atomic E-state index is 0.142. The molecule has 2 fully saturated rings. The zero-order valence-electron chi connectivity index (χ0n) is 46.9. The third-order valence-corrected chi connectivity index (χ3v) is 17.1. The number of hydrogen-bond donors (Lipinski definition) is 0. The first-order chi connectivity index (χ1) is 33.2. The molecule has 2 atom stereocenters. The Balaban J connectivity index is 1.01. The molecule has 4 aliphatic heterocycles. The van der Waals surface area contributed by atoms with Gasteiger partial charge < -0.3 is 18.5 Å². The highest BCUT2D eigenvalue weighted by atomic mass is 31.2.